The SMILES string of the molecule is CC[C@@H](C)NC(=O)[C@@H](C)N(Cc1ccc(C)cc1)C(=O)Cc1ccc(Cl)cc1. The van der Waals surface area contributed by atoms with E-state index < -0.39 is 6.04 Å². The Morgan fingerprint density at radius 1 is 1.00 bits per heavy atom. The van der Waals surface area contributed by atoms with Crippen LogP contribution in [0.2, 0.25) is 5.02 Å². The standard InChI is InChI=1S/C23H29ClN2O2/c1-5-17(3)25-23(28)18(4)26(15-20-8-6-16(2)7-9-20)22(27)14-19-10-12-21(24)13-11-19/h6-13,17-18H,5,14-15H2,1-4H3,(H,25,28)/t17-,18-/m1/s1. The molecule has 0 fully saturated rings. The average molecular weight is 401 g/mol. The number of rotatable bonds is 8. The molecule has 0 radical (unpaired) electrons. The van der Waals surface area contributed by atoms with Crippen LogP contribution in [0.3, 0.4) is 0 Å². The van der Waals surface area contributed by atoms with Gasteiger partial charge in [0.1, 0.15) is 6.04 Å². The summed E-state index contributed by atoms with van der Waals surface area (Å²) in [6, 6.07) is 14.8. The van der Waals surface area contributed by atoms with E-state index in [-0.39, 0.29) is 24.3 Å². The fourth-order valence-electron chi connectivity index (χ4n) is 2.82. The van der Waals surface area contributed by atoms with Crippen molar-refractivity contribution in [3.05, 3.63) is 70.2 Å². The Bertz CT molecular complexity index is 787. The van der Waals surface area contributed by atoms with Crippen molar-refractivity contribution in [1.82, 2.24) is 10.2 Å². The second-order valence-electron chi connectivity index (χ2n) is 7.30. The summed E-state index contributed by atoms with van der Waals surface area (Å²) < 4.78 is 0. The van der Waals surface area contributed by atoms with Gasteiger partial charge in [-0.15, -0.1) is 0 Å². The van der Waals surface area contributed by atoms with Gasteiger partial charge in [-0.05, 0) is 50.5 Å². The maximum Gasteiger partial charge on any atom is 0.242 e. The molecule has 150 valence electrons. The van der Waals surface area contributed by atoms with E-state index in [1.165, 1.54) is 0 Å². The van der Waals surface area contributed by atoms with Gasteiger partial charge in [-0.3, -0.25) is 9.59 Å². The van der Waals surface area contributed by atoms with E-state index in [0.29, 0.717) is 11.6 Å². The summed E-state index contributed by atoms with van der Waals surface area (Å²) in [4.78, 5) is 27.4. The largest absolute Gasteiger partial charge is 0.352 e. The first-order valence-corrected chi connectivity index (χ1v) is 10.1. The van der Waals surface area contributed by atoms with Crippen LogP contribution in [0.4, 0.5) is 0 Å². The lowest BCUT2D eigenvalue weighted by molar-refractivity contribution is -0.140. The van der Waals surface area contributed by atoms with Crippen molar-refractivity contribution >= 4 is 23.4 Å². The highest BCUT2D eigenvalue weighted by molar-refractivity contribution is 6.30. The van der Waals surface area contributed by atoms with Gasteiger partial charge < -0.3 is 10.2 Å². The summed E-state index contributed by atoms with van der Waals surface area (Å²) in [5.74, 6) is -0.222. The van der Waals surface area contributed by atoms with Crippen LogP contribution in [0.1, 0.15) is 43.9 Å². The maximum absolute atomic E-state index is 13.1. The summed E-state index contributed by atoms with van der Waals surface area (Å²) in [5, 5.41) is 3.61. The molecule has 4 nitrogen and oxygen atoms in total. The van der Waals surface area contributed by atoms with E-state index in [4.69, 9.17) is 11.6 Å². The van der Waals surface area contributed by atoms with Gasteiger partial charge in [0.25, 0.3) is 0 Å². The Labute approximate surface area is 172 Å². The molecule has 0 aromatic heterocycles. The van der Waals surface area contributed by atoms with Crippen LogP contribution in [0.25, 0.3) is 0 Å². The second kappa shape index (κ2) is 10.3. The third kappa shape index (κ3) is 6.38. The Morgan fingerprint density at radius 3 is 2.14 bits per heavy atom. The minimum Gasteiger partial charge on any atom is -0.352 e. The number of halogens is 1. The van der Waals surface area contributed by atoms with E-state index in [2.05, 4.69) is 5.32 Å². The summed E-state index contributed by atoms with van der Waals surface area (Å²) in [7, 11) is 0. The Balaban J connectivity index is 2.20. The van der Waals surface area contributed by atoms with Gasteiger partial charge >= 0.3 is 0 Å². The van der Waals surface area contributed by atoms with Gasteiger partial charge in [0, 0.05) is 17.6 Å². The Morgan fingerprint density at radius 2 is 1.57 bits per heavy atom. The molecular weight excluding hydrogens is 372 g/mol. The first-order chi connectivity index (χ1) is 13.3. The molecule has 0 aliphatic heterocycles. The molecule has 0 heterocycles. The number of benzene rings is 2. The molecule has 2 aromatic rings. The van der Waals surface area contributed by atoms with Crippen molar-refractivity contribution < 1.29 is 9.59 Å². The fourth-order valence-corrected chi connectivity index (χ4v) is 2.94. The van der Waals surface area contributed by atoms with Crippen molar-refractivity contribution in [3.8, 4) is 0 Å². The van der Waals surface area contributed by atoms with Gasteiger partial charge in [0.2, 0.25) is 11.8 Å². The molecule has 2 amide bonds. The second-order valence-corrected chi connectivity index (χ2v) is 7.74. The third-order valence-electron chi connectivity index (χ3n) is 4.91. The van der Waals surface area contributed by atoms with Crippen molar-refractivity contribution in [2.75, 3.05) is 0 Å². The van der Waals surface area contributed by atoms with Crippen LogP contribution in [-0.4, -0.2) is 28.8 Å². The monoisotopic (exact) mass is 400 g/mol. The molecule has 0 saturated carbocycles. The molecule has 28 heavy (non-hydrogen) atoms. The highest BCUT2D eigenvalue weighted by Crippen LogP contribution is 2.15. The van der Waals surface area contributed by atoms with Crippen LogP contribution >= 0.6 is 11.6 Å². The van der Waals surface area contributed by atoms with Crippen LogP contribution in [0.15, 0.2) is 48.5 Å². The summed E-state index contributed by atoms with van der Waals surface area (Å²) >= 11 is 5.94. The number of carbonyl (C=O) groups is 2. The third-order valence-corrected chi connectivity index (χ3v) is 5.16. The van der Waals surface area contributed by atoms with Crippen molar-refractivity contribution in [3.63, 3.8) is 0 Å². The maximum atomic E-state index is 13.1. The number of amides is 2. The van der Waals surface area contributed by atoms with Crippen LogP contribution in [-0.2, 0) is 22.6 Å². The minimum absolute atomic E-state index is 0.0718. The lowest BCUT2D eigenvalue weighted by Gasteiger charge is -2.30. The molecule has 1 N–H and O–H groups in total. The molecule has 2 aromatic carbocycles. The predicted octanol–water partition coefficient (Wildman–Crippen LogP) is 4.52. The quantitative estimate of drug-likeness (QED) is 0.708. The zero-order valence-electron chi connectivity index (χ0n) is 17.0. The molecule has 0 unspecified atom stereocenters. The molecule has 0 spiro atoms. The van der Waals surface area contributed by atoms with E-state index in [9.17, 15) is 9.59 Å². The minimum atomic E-state index is -0.560. The highest BCUT2D eigenvalue weighted by atomic mass is 35.5. The zero-order chi connectivity index (χ0) is 20.7. The molecule has 2 rings (SSSR count). The van der Waals surface area contributed by atoms with Crippen molar-refractivity contribution in [1.29, 1.82) is 0 Å². The lowest BCUT2D eigenvalue weighted by Crippen LogP contribution is -2.49. The van der Waals surface area contributed by atoms with E-state index in [1.807, 2.05) is 57.2 Å². The van der Waals surface area contributed by atoms with Crippen LogP contribution < -0.4 is 5.32 Å². The number of aryl methyl sites for hydroxylation is 1. The number of nitrogens with zero attached hydrogens (tertiary/aromatic N) is 1. The molecule has 0 saturated heterocycles. The number of hydrogen-bond acceptors (Lipinski definition) is 2. The molecule has 0 aliphatic carbocycles. The van der Waals surface area contributed by atoms with Crippen molar-refractivity contribution in [2.45, 2.75) is 59.2 Å². The Hall–Kier alpha value is -2.33. The topological polar surface area (TPSA) is 49.4 Å². The van der Waals surface area contributed by atoms with Gasteiger partial charge in [-0.1, -0.05) is 60.5 Å². The van der Waals surface area contributed by atoms with E-state index in [0.717, 1.165) is 23.1 Å². The molecule has 0 aliphatic rings. The van der Waals surface area contributed by atoms with Crippen LogP contribution in [0, 0.1) is 6.92 Å². The highest BCUT2D eigenvalue weighted by Gasteiger charge is 2.26. The average Bonchev–Trinajstić information content (AvgIpc) is 2.68. The van der Waals surface area contributed by atoms with Crippen LogP contribution in [0.5, 0.6) is 0 Å². The smallest absolute Gasteiger partial charge is 0.242 e. The Kier molecular flexibility index (Phi) is 8.06. The number of nitrogens with one attached hydrogen (secondary N) is 1. The van der Waals surface area contributed by atoms with E-state index >= 15 is 0 Å². The van der Waals surface area contributed by atoms with Crippen molar-refractivity contribution in [2.24, 2.45) is 0 Å². The normalized spacial score (nSPS) is 12.9. The first-order valence-electron chi connectivity index (χ1n) is 9.70. The first kappa shape index (κ1) is 22.0. The molecule has 5 heteroatoms. The summed E-state index contributed by atoms with van der Waals surface area (Å²) in [6.07, 6.45) is 1.07. The van der Waals surface area contributed by atoms with Gasteiger partial charge in [-0.25, -0.2) is 0 Å². The fraction of sp³-hybridized carbons (Fsp3) is 0.391. The lowest BCUT2D eigenvalue weighted by atomic mass is 10.1. The molecular formula is C23H29ClN2O2. The van der Waals surface area contributed by atoms with Gasteiger partial charge in [0.05, 0.1) is 6.42 Å². The number of hydrogen-bond donors (Lipinski definition) is 1. The predicted molar refractivity (Wildman–Crippen MR) is 114 cm³/mol. The van der Waals surface area contributed by atoms with Gasteiger partial charge in [-0.2, -0.15) is 0 Å². The van der Waals surface area contributed by atoms with E-state index in [1.54, 1.807) is 24.0 Å². The zero-order valence-corrected chi connectivity index (χ0v) is 17.8. The molecule has 0 bridgehead atoms. The molecule has 2 atom stereocenters. The summed E-state index contributed by atoms with van der Waals surface area (Å²) in [5.41, 5.74) is 3.03. The van der Waals surface area contributed by atoms with Gasteiger partial charge in [0.15, 0.2) is 0 Å². The summed E-state index contributed by atoms with van der Waals surface area (Å²) in [6.45, 7) is 8.18. The number of carbonyl (C=O) groups excluding carboxylic acids is 2.